The molecule has 0 bridgehead atoms. The Hall–Kier alpha value is -0.370. The van der Waals surface area contributed by atoms with Crippen LogP contribution in [0.4, 0.5) is 0 Å². The van der Waals surface area contributed by atoms with Crippen LogP contribution in [0.5, 0.6) is 0 Å². The van der Waals surface area contributed by atoms with Gasteiger partial charge in [0.05, 0.1) is 6.10 Å². The van der Waals surface area contributed by atoms with Gasteiger partial charge in [0, 0.05) is 18.9 Å². The smallest absolute Gasteiger partial charge is 0.136 e. The number of rotatable bonds is 3. The quantitative estimate of drug-likeness (QED) is 0.509. The van der Waals surface area contributed by atoms with E-state index in [1.165, 1.54) is 57.8 Å². The number of Topliss-reactive ketones (excluding diaryl/α,β-unsaturated/α-hetero) is 1. The predicted molar refractivity (Wildman–Crippen MR) is 122 cm³/mol. The van der Waals surface area contributed by atoms with E-state index in [1.54, 1.807) is 0 Å². The topological polar surface area (TPSA) is 26.3 Å². The summed E-state index contributed by atoms with van der Waals surface area (Å²) in [4.78, 5) is 13.5. The summed E-state index contributed by atoms with van der Waals surface area (Å²) in [6.45, 7) is 10.6. The molecule has 1 aliphatic heterocycles. The van der Waals surface area contributed by atoms with E-state index in [0.29, 0.717) is 41.5 Å². The third kappa shape index (κ3) is 3.61. The van der Waals surface area contributed by atoms with Gasteiger partial charge in [-0.05, 0) is 97.7 Å². The molecule has 0 radical (unpaired) electrons. The van der Waals surface area contributed by atoms with E-state index >= 15 is 0 Å². The molecular weight excluding hydrogens is 368 g/mol. The maximum atomic E-state index is 13.5. The molecular formula is C28H46O2. The third-order valence-corrected chi connectivity index (χ3v) is 11.0. The van der Waals surface area contributed by atoms with Crippen LogP contribution in [0.2, 0.25) is 0 Å². The van der Waals surface area contributed by atoms with Crippen molar-refractivity contribution in [2.24, 2.45) is 65.1 Å². The Bertz CT molecular complexity index is 626. The Kier molecular flexibility index (Phi) is 6.10. The second-order valence-electron chi connectivity index (χ2n) is 12.6. The van der Waals surface area contributed by atoms with Crippen molar-refractivity contribution in [2.75, 3.05) is 6.61 Å². The minimum absolute atomic E-state index is 0.381. The fraction of sp³-hybridized carbons (Fsp3) is 0.964. The van der Waals surface area contributed by atoms with Crippen molar-refractivity contribution >= 4 is 5.78 Å². The highest BCUT2D eigenvalue weighted by Crippen LogP contribution is 2.61. The molecule has 0 aromatic heterocycles. The lowest BCUT2D eigenvalue weighted by atomic mass is 9.50. The zero-order chi connectivity index (χ0) is 21.0. The fourth-order valence-electron chi connectivity index (χ4n) is 9.44. The van der Waals surface area contributed by atoms with Gasteiger partial charge in [-0.1, -0.05) is 47.0 Å². The van der Waals surface area contributed by atoms with Gasteiger partial charge >= 0.3 is 0 Å². The van der Waals surface area contributed by atoms with Crippen LogP contribution in [0.1, 0.15) is 91.9 Å². The average molecular weight is 415 g/mol. The number of ether oxygens (including phenoxy) is 1. The molecule has 2 nitrogen and oxygen atoms in total. The van der Waals surface area contributed by atoms with E-state index < -0.39 is 0 Å². The molecule has 5 aliphatic rings. The minimum atomic E-state index is 0.381. The van der Waals surface area contributed by atoms with Crippen LogP contribution in [-0.2, 0) is 9.53 Å². The van der Waals surface area contributed by atoms with E-state index in [1.807, 2.05) is 0 Å². The Morgan fingerprint density at radius 3 is 2.47 bits per heavy atom. The van der Waals surface area contributed by atoms with Gasteiger partial charge in [0.1, 0.15) is 5.78 Å². The van der Waals surface area contributed by atoms with Crippen LogP contribution < -0.4 is 0 Å². The lowest BCUT2D eigenvalue weighted by Gasteiger charge is -2.54. The Morgan fingerprint density at radius 2 is 1.67 bits per heavy atom. The molecule has 0 aromatic carbocycles. The van der Waals surface area contributed by atoms with Crippen molar-refractivity contribution < 1.29 is 9.53 Å². The minimum Gasteiger partial charge on any atom is -0.378 e. The van der Waals surface area contributed by atoms with Crippen molar-refractivity contribution in [2.45, 2.75) is 98.0 Å². The molecule has 0 N–H and O–H groups in total. The van der Waals surface area contributed by atoms with Gasteiger partial charge in [-0.2, -0.15) is 0 Å². The monoisotopic (exact) mass is 414 g/mol. The standard InChI is InChI=1S/C28H46O2/c1-16(2)19-11-12-30-26(14-19)18(4)24-15-25(29)28-23(24)10-9-22-21-8-6-5-7-20(21)13-17(3)27(22)28/h16-24,26-28H,5-15H2,1-4H3. The summed E-state index contributed by atoms with van der Waals surface area (Å²) in [6.07, 6.45) is 13.6. The molecule has 30 heavy (non-hydrogen) atoms. The fourth-order valence-corrected chi connectivity index (χ4v) is 9.44. The Morgan fingerprint density at radius 1 is 0.900 bits per heavy atom. The largest absolute Gasteiger partial charge is 0.378 e. The molecule has 0 amide bonds. The highest BCUT2D eigenvalue weighted by atomic mass is 16.5. The Labute approximate surface area is 185 Å². The first kappa shape index (κ1) is 21.5. The van der Waals surface area contributed by atoms with Gasteiger partial charge in [0.15, 0.2) is 0 Å². The predicted octanol–water partition coefficient (Wildman–Crippen LogP) is 6.77. The molecule has 4 saturated carbocycles. The summed E-state index contributed by atoms with van der Waals surface area (Å²) in [5, 5.41) is 0. The second-order valence-corrected chi connectivity index (χ2v) is 12.6. The third-order valence-electron chi connectivity index (χ3n) is 11.0. The maximum Gasteiger partial charge on any atom is 0.136 e. The van der Waals surface area contributed by atoms with Gasteiger partial charge in [0.2, 0.25) is 0 Å². The van der Waals surface area contributed by atoms with E-state index in [2.05, 4.69) is 27.7 Å². The second kappa shape index (κ2) is 8.53. The number of ketones is 1. The molecule has 170 valence electrons. The summed E-state index contributed by atoms with van der Waals surface area (Å²) in [6, 6.07) is 0. The summed E-state index contributed by atoms with van der Waals surface area (Å²) >= 11 is 0. The van der Waals surface area contributed by atoms with Crippen LogP contribution >= 0.6 is 0 Å². The normalized spacial score (nSPS) is 50.0. The molecule has 11 unspecified atom stereocenters. The van der Waals surface area contributed by atoms with Gasteiger partial charge in [0.25, 0.3) is 0 Å². The van der Waals surface area contributed by atoms with Crippen molar-refractivity contribution in [3.63, 3.8) is 0 Å². The van der Waals surface area contributed by atoms with Crippen molar-refractivity contribution in [3.05, 3.63) is 0 Å². The van der Waals surface area contributed by atoms with Crippen LogP contribution in [0, 0.1) is 65.1 Å². The molecule has 4 aliphatic carbocycles. The molecule has 2 heteroatoms. The molecule has 1 heterocycles. The lowest BCUT2D eigenvalue weighted by molar-refractivity contribution is -0.130. The Balaban J connectivity index is 1.33. The maximum absolute atomic E-state index is 13.5. The highest BCUT2D eigenvalue weighted by Gasteiger charge is 2.57. The van der Waals surface area contributed by atoms with Gasteiger partial charge in [-0.3, -0.25) is 4.79 Å². The summed E-state index contributed by atoms with van der Waals surface area (Å²) < 4.78 is 6.33. The first-order chi connectivity index (χ1) is 14.5. The number of carbonyl (C=O) groups excluding carboxylic acids is 1. The first-order valence-electron chi connectivity index (χ1n) is 13.6. The zero-order valence-corrected chi connectivity index (χ0v) is 20.0. The van der Waals surface area contributed by atoms with E-state index in [0.717, 1.165) is 48.5 Å². The number of carbonyl (C=O) groups is 1. The molecule has 11 atom stereocenters. The van der Waals surface area contributed by atoms with Gasteiger partial charge in [-0.15, -0.1) is 0 Å². The lowest BCUT2D eigenvalue weighted by Crippen LogP contribution is -2.49. The average Bonchev–Trinajstić information content (AvgIpc) is 3.10. The van der Waals surface area contributed by atoms with Gasteiger partial charge in [-0.25, -0.2) is 0 Å². The number of hydrogen-bond acceptors (Lipinski definition) is 2. The van der Waals surface area contributed by atoms with Crippen LogP contribution in [-0.4, -0.2) is 18.5 Å². The summed E-state index contributed by atoms with van der Waals surface area (Å²) in [5.74, 6) is 8.59. The number of fused-ring (bicyclic) bond motifs is 5. The van der Waals surface area contributed by atoms with E-state index in [9.17, 15) is 4.79 Å². The summed E-state index contributed by atoms with van der Waals surface area (Å²) in [5.41, 5.74) is 0. The number of hydrogen-bond donors (Lipinski definition) is 0. The van der Waals surface area contributed by atoms with Gasteiger partial charge < -0.3 is 4.74 Å². The van der Waals surface area contributed by atoms with Crippen LogP contribution in [0.25, 0.3) is 0 Å². The van der Waals surface area contributed by atoms with Crippen molar-refractivity contribution in [3.8, 4) is 0 Å². The van der Waals surface area contributed by atoms with E-state index in [4.69, 9.17) is 4.74 Å². The molecule has 5 fully saturated rings. The molecule has 0 aromatic rings. The first-order valence-corrected chi connectivity index (χ1v) is 13.6. The highest BCUT2D eigenvalue weighted by molar-refractivity contribution is 5.84. The summed E-state index contributed by atoms with van der Waals surface area (Å²) in [7, 11) is 0. The zero-order valence-electron chi connectivity index (χ0n) is 20.0. The molecule has 5 rings (SSSR count). The van der Waals surface area contributed by atoms with Crippen molar-refractivity contribution in [1.82, 2.24) is 0 Å². The van der Waals surface area contributed by atoms with Crippen LogP contribution in [0.3, 0.4) is 0 Å². The van der Waals surface area contributed by atoms with Crippen LogP contribution in [0.15, 0.2) is 0 Å². The van der Waals surface area contributed by atoms with E-state index in [-0.39, 0.29) is 0 Å². The van der Waals surface area contributed by atoms with Crippen molar-refractivity contribution in [1.29, 1.82) is 0 Å². The SMILES string of the molecule is CC(C)C1CCOC(C(C)C2CC(=O)C3C2CCC2C4CCCCC4CC(C)C23)C1. The molecule has 0 spiro atoms. The molecule has 1 saturated heterocycles.